The van der Waals surface area contributed by atoms with Gasteiger partial charge in [0.25, 0.3) is 0 Å². The Morgan fingerprint density at radius 3 is 2.43 bits per heavy atom. The first-order chi connectivity index (χ1) is 16.8. The summed E-state index contributed by atoms with van der Waals surface area (Å²) in [5.41, 5.74) is 7.22. The second-order valence-corrected chi connectivity index (χ2v) is 10.7. The highest BCUT2D eigenvalue weighted by Gasteiger charge is 2.18. The summed E-state index contributed by atoms with van der Waals surface area (Å²) in [4.78, 5) is 12.9. The largest absolute Gasteiger partial charge is 0.325 e. The van der Waals surface area contributed by atoms with E-state index in [1.807, 2.05) is 54.0 Å². The standard InChI is InChI=1S/C27H26BrClN4OS/c1-5-19-14-21(28)12-18(4)25(19)30-24(34)15-35-27-32-31-26(20-7-9-22(29)10-8-20)33(27)23-11-6-16(2)17(3)13-23/h6-14H,5,15H2,1-4H3,(H,30,34). The van der Waals surface area contributed by atoms with Crippen molar-refractivity contribution in [1.29, 1.82) is 0 Å². The first kappa shape index (κ1) is 25.5. The number of carbonyl (C=O) groups is 1. The Hall–Kier alpha value is -2.61. The molecule has 8 heteroatoms. The van der Waals surface area contributed by atoms with E-state index >= 15 is 0 Å². The van der Waals surface area contributed by atoms with Gasteiger partial charge in [0.05, 0.1) is 11.4 Å². The summed E-state index contributed by atoms with van der Waals surface area (Å²) >= 11 is 11.0. The average Bonchev–Trinajstić information content (AvgIpc) is 3.25. The number of benzene rings is 3. The van der Waals surface area contributed by atoms with Crippen LogP contribution in [0.5, 0.6) is 0 Å². The third-order valence-electron chi connectivity index (χ3n) is 5.84. The summed E-state index contributed by atoms with van der Waals surface area (Å²) in [7, 11) is 0. The first-order valence-corrected chi connectivity index (χ1v) is 13.4. The van der Waals surface area contributed by atoms with Crippen molar-refractivity contribution in [2.24, 2.45) is 0 Å². The summed E-state index contributed by atoms with van der Waals surface area (Å²) < 4.78 is 3.01. The Labute approximate surface area is 223 Å². The molecule has 3 aromatic carbocycles. The van der Waals surface area contributed by atoms with Gasteiger partial charge in [-0.25, -0.2) is 0 Å². The molecule has 180 valence electrons. The number of hydrogen-bond donors (Lipinski definition) is 1. The summed E-state index contributed by atoms with van der Waals surface area (Å²) in [6.07, 6.45) is 0.828. The van der Waals surface area contributed by atoms with Crippen molar-refractivity contribution in [1.82, 2.24) is 14.8 Å². The van der Waals surface area contributed by atoms with Crippen LogP contribution in [0.15, 0.2) is 64.2 Å². The minimum Gasteiger partial charge on any atom is -0.325 e. The summed E-state index contributed by atoms with van der Waals surface area (Å²) in [5, 5.41) is 13.3. The minimum absolute atomic E-state index is 0.0854. The monoisotopic (exact) mass is 568 g/mol. The van der Waals surface area contributed by atoms with Gasteiger partial charge in [0, 0.05) is 20.7 Å². The normalized spacial score (nSPS) is 11.0. The number of thioether (sulfide) groups is 1. The fourth-order valence-electron chi connectivity index (χ4n) is 3.82. The molecular formula is C27H26BrClN4OS. The number of rotatable bonds is 7. The smallest absolute Gasteiger partial charge is 0.234 e. The third kappa shape index (κ3) is 5.80. The van der Waals surface area contributed by atoms with Crippen LogP contribution in [0.25, 0.3) is 17.1 Å². The second-order valence-electron chi connectivity index (χ2n) is 8.36. The SMILES string of the molecule is CCc1cc(Br)cc(C)c1NC(=O)CSc1nnc(-c2ccc(Cl)cc2)n1-c1ccc(C)c(C)c1. The molecule has 0 spiro atoms. The van der Waals surface area contributed by atoms with Crippen LogP contribution in [0.1, 0.15) is 29.2 Å². The molecule has 0 unspecified atom stereocenters. The maximum atomic E-state index is 12.9. The number of hydrogen-bond acceptors (Lipinski definition) is 4. The Balaban J connectivity index is 1.63. The Kier molecular flexibility index (Phi) is 7.99. The van der Waals surface area contributed by atoms with E-state index in [9.17, 15) is 4.79 Å². The Morgan fingerprint density at radius 1 is 1.00 bits per heavy atom. The number of halogens is 2. The van der Waals surface area contributed by atoms with Crippen LogP contribution in [-0.2, 0) is 11.2 Å². The highest BCUT2D eigenvalue weighted by Crippen LogP contribution is 2.31. The van der Waals surface area contributed by atoms with Gasteiger partial charge >= 0.3 is 0 Å². The maximum Gasteiger partial charge on any atom is 0.234 e. The molecule has 35 heavy (non-hydrogen) atoms. The average molecular weight is 570 g/mol. The minimum atomic E-state index is -0.0854. The zero-order valence-electron chi connectivity index (χ0n) is 20.0. The van der Waals surface area contributed by atoms with Gasteiger partial charge in [0.1, 0.15) is 0 Å². The summed E-state index contributed by atoms with van der Waals surface area (Å²) in [5.74, 6) is 0.824. The number of anilines is 1. The van der Waals surface area contributed by atoms with Gasteiger partial charge in [-0.2, -0.15) is 0 Å². The summed E-state index contributed by atoms with van der Waals surface area (Å²) in [6.45, 7) is 8.24. The number of nitrogens with one attached hydrogen (secondary N) is 1. The van der Waals surface area contributed by atoms with Gasteiger partial charge in [-0.15, -0.1) is 10.2 Å². The molecule has 0 saturated heterocycles. The van der Waals surface area contributed by atoms with Crippen molar-refractivity contribution >= 4 is 50.9 Å². The highest BCUT2D eigenvalue weighted by atomic mass is 79.9. The second kappa shape index (κ2) is 11.0. The van der Waals surface area contributed by atoms with Crippen LogP contribution in [0.3, 0.4) is 0 Å². The van der Waals surface area contributed by atoms with E-state index in [2.05, 4.69) is 64.3 Å². The molecule has 0 aliphatic carbocycles. The van der Waals surface area contributed by atoms with Gasteiger partial charge in [-0.1, -0.05) is 52.3 Å². The predicted octanol–water partition coefficient (Wildman–Crippen LogP) is 7.57. The molecule has 1 N–H and O–H groups in total. The van der Waals surface area contributed by atoms with Crippen LogP contribution >= 0.6 is 39.3 Å². The van der Waals surface area contributed by atoms with Crippen molar-refractivity contribution in [3.8, 4) is 17.1 Å². The quantitative estimate of drug-likeness (QED) is 0.233. The van der Waals surface area contributed by atoms with E-state index in [1.165, 1.54) is 22.9 Å². The molecule has 0 fully saturated rings. The lowest BCUT2D eigenvalue weighted by atomic mass is 10.1. The van der Waals surface area contributed by atoms with E-state index in [4.69, 9.17) is 11.6 Å². The van der Waals surface area contributed by atoms with Crippen LogP contribution in [0, 0.1) is 20.8 Å². The number of amides is 1. The molecule has 0 saturated carbocycles. The van der Waals surface area contributed by atoms with Crippen LogP contribution in [0.2, 0.25) is 5.02 Å². The molecule has 4 rings (SSSR count). The molecular weight excluding hydrogens is 544 g/mol. The van der Waals surface area contributed by atoms with Crippen LogP contribution in [-0.4, -0.2) is 26.4 Å². The summed E-state index contributed by atoms with van der Waals surface area (Å²) in [6, 6.07) is 17.8. The molecule has 5 nitrogen and oxygen atoms in total. The van der Waals surface area contributed by atoms with E-state index in [1.54, 1.807) is 0 Å². The van der Waals surface area contributed by atoms with E-state index < -0.39 is 0 Å². The lowest BCUT2D eigenvalue weighted by molar-refractivity contribution is -0.113. The first-order valence-electron chi connectivity index (χ1n) is 11.3. The van der Waals surface area contributed by atoms with Gasteiger partial charge in [-0.3, -0.25) is 9.36 Å². The molecule has 1 aromatic heterocycles. The molecule has 1 amide bonds. The third-order valence-corrected chi connectivity index (χ3v) is 7.48. The zero-order valence-corrected chi connectivity index (χ0v) is 23.2. The zero-order chi connectivity index (χ0) is 25.1. The number of aromatic nitrogens is 3. The van der Waals surface area contributed by atoms with E-state index in [0.717, 1.165) is 39.0 Å². The van der Waals surface area contributed by atoms with E-state index in [-0.39, 0.29) is 11.7 Å². The lowest BCUT2D eigenvalue weighted by Gasteiger charge is -2.14. The van der Waals surface area contributed by atoms with Crippen LogP contribution < -0.4 is 5.32 Å². The number of aryl methyl sites for hydroxylation is 4. The predicted molar refractivity (Wildman–Crippen MR) is 149 cm³/mol. The van der Waals surface area contributed by atoms with E-state index in [0.29, 0.717) is 16.0 Å². The number of carbonyl (C=O) groups excluding carboxylic acids is 1. The molecule has 4 aromatic rings. The van der Waals surface area contributed by atoms with Crippen LogP contribution in [0.4, 0.5) is 5.69 Å². The molecule has 0 aliphatic heterocycles. The van der Waals surface area contributed by atoms with Crippen molar-refractivity contribution < 1.29 is 4.79 Å². The fraction of sp³-hybridized carbons (Fsp3) is 0.222. The maximum absolute atomic E-state index is 12.9. The van der Waals surface area contributed by atoms with Crippen molar-refractivity contribution in [3.05, 3.63) is 86.3 Å². The van der Waals surface area contributed by atoms with Gasteiger partial charge in [0.2, 0.25) is 5.91 Å². The number of nitrogens with zero attached hydrogens (tertiary/aromatic N) is 3. The molecule has 0 aliphatic rings. The Morgan fingerprint density at radius 2 is 1.74 bits per heavy atom. The molecule has 0 atom stereocenters. The molecule has 0 bridgehead atoms. The van der Waals surface area contributed by atoms with Crippen molar-refractivity contribution in [2.75, 3.05) is 11.1 Å². The van der Waals surface area contributed by atoms with Gasteiger partial charge < -0.3 is 5.32 Å². The highest BCUT2D eigenvalue weighted by molar-refractivity contribution is 9.10. The van der Waals surface area contributed by atoms with Crippen molar-refractivity contribution in [3.63, 3.8) is 0 Å². The fourth-order valence-corrected chi connectivity index (χ4v) is 5.32. The Bertz CT molecular complexity index is 1380. The molecule has 0 radical (unpaired) electrons. The topological polar surface area (TPSA) is 59.8 Å². The van der Waals surface area contributed by atoms with Crippen molar-refractivity contribution in [2.45, 2.75) is 39.3 Å². The van der Waals surface area contributed by atoms with Gasteiger partial charge in [0.15, 0.2) is 11.0 Å². The van der Waals surface area contributed by atoms with Gasteiger partial charge in [-0.05, 0) is 98.0 Å². The lowest BCUT2D eigenvalue weighted by Crippen LogP contribution is -2.16. The molecule has 1 heterocycles.